The molecule has 0 radical (unpaired) electrons. The van der Waals surface area contributed by atoms with Crippen molar-refractivity contribution in [2.75, 3.05) is 23.3 Å². The zero-order chi connectivity index (χ0) is 17.6. The quantitative estimate of drug-likeness (QED) is 0.830. The van der Waals surface area contributed by atoms with Crippen LogP contribution in [0.15, 0.2) is 18.3 Å². The van der Waals surface area contributed by atoms with Crippen molar-refractivity contribution in [3.8, 4) is 0 Å². The molecule has 0 aromatic carbocycles. The number of nitrogens with two attached hydrogens (primary N) is 1. The molecule has 0 spiro atoms. The van der Waals surface area contributed by atoms with Gasteiger partial charge in [0.15, 0.2) is 0 Å². The van der Waals surface area contributed by atoms with E-state index in [0.29, 0.717) is 13.0 Å². The summed E-state index contributed by atoms with van der Waals surface area (Å²) in [5, 5.41) is 2.93. The van der Waals surface area contributed by atoms with Crippen molar-refractivity contribution in [2.24, 2.45) is 17.6 Å². The molecule has 1 unspecified atom stereocenters. The van der Waals surface area contributed by atoms with Gasteiger partial charge in [-0.05, 0) is 37.3 Å². The second-order valence-electron chi connectivity index (χ2n) is 7.33. The Morgan fingerprint density at radius 3 is 2.68 bits per heavy atom. The second-order valence-corrected chi connectivity index (χ2v) is 7.33. The SMILES string of the molecule is NC(=O)C1CCCN(c2ccc(NC(=O)CCC3CCCC3)cn2)C1. The van der Waals surface area contributed by atoms with E-state index in [-0.39, 0.29) is 17.7 Å². The molecule has 1 aliphatic heterocycles. The third-order valence-electron chi connectivity index (χ3n) is 5.43. The van der Waals surface area contributed by atoms with Crippen molar-refractivity contribution >= 4 is 23.3 Å². The van der Waals surface area contributed by atoms with Gasteiger partial charge in [0, 0.05) is 19.5 Å². The van der Waals surface area contributed by atoms with Crippen molar-refractivity contribution in [3.63, 3.8) is 0 Å². The van der Waals surface area contributed by atoms with Gasteiger partial charge in [-0.2, -0.15) is 0 Å². The number of carbonyl (C=O) groups is 2. The van der Waals surface area contributed by atoms with Crippen LogP contribution in [0.25, 0.3) is 0 Å². The summed E-state index contributed by atoms with van der Waals surface area (Å²) in [6.45, 7) is 1.50. The molecule has 6 heteroatoms. The number of nitrogens with zero attached hydrogens (tertiary/aromatic N) is 2. The Balaban J connectivity index is 1.49. The van der Waals surface area contributed by atoms with Crippen LogP contribution in [0.4, 0.5) is 11.5 Å². The number of rotatable bonds is 6. The van der Waals surface area contributed by atoms with E-state index in [2.05, 4.69) is 15.2 Å². The van der Waals surface area contributed by atoms with Gasteiger partial charge in [0.25, 0.3) is 0 Å². The number of aromatic nitrogens is 1. The van der Waals surface area contributed by atoms with Gasteiger partial charge in [-0.15, -0.1) is 0 Å². The lowest BCUT2D eigenvalue weighted by Crippen LogP contribution is -2.41. The standard InChI is InChI=1S/C19H28N4O2/c20-19(25)15-6-3-11-23(13-15)17-9-8-16(12-21-17)22-18(24)10-7-14-4-1-2-5-14/h8-9,12,14-15H,1-7,10-11,13H2,(H2,20,25)(H,22,24). The Morgan fingerprint density at radius 1 is 1.20 bits per heavy atom. The Hall–Kier alpha value is -2.11. The molecule has 136 valence electrons. The minimum absolute atomic E-state index is 0.0632. The van der Waals surface area contributed by atoms with E-state index in [1.54, 1.807) is 6.20 Å². The fourth-order valence-electron chi connectivity index (χ4n) is 3.92. The predicted molar refractivity (Wildman–Crippen MR) is 98.2 cm³/mol. The average molecular weight is 344 g/mol. The van der Waals surface area contributed by atoms with Crippen LogP contribution in [-0.2, 0) is 9.59 Å². The minimum atomic E-state index is -0.240. The normalized spacial score (nSPS) is 21.3. The maximum atomic E-state index is 12.1. The van der Waals surface area contributed by atoms with Gasteiger partial charge in [-0.3, -0.25) is 9.59 Å². The Bertz CT molecular complexity index is 596. The first-order valence-corrected chi connectivity index (χ1v) is 9.42. The summed E-state index contributed by atoms with van der Waals surface area (Å²) in [5.41, 5.74) is 6.15. The lowest BCUT2D eigenvalue weighted by molar-refractivity contribution is -0.122. The van der Waals surface area contributed by atoms with Gasteiger partial charge >= 0.3 is 0 Å². The number of nitrogens with one attached hydrogen (secondary N) is 1. The summed E-state index contributed by atoms with van der Waals surface area (Å²) < 4.78 is 0. The largest absolute Gasteiger partial charge is 0.369 e. The van der Waals surface area contributed by atoms with Gasteiger partial charge in [0.1, 0.15) is 5.82 Å². The first kappa shape index (κ1) is 17.7. The number of hydrogen-bond acceptors (Lipinski definition) is 4. The summed E-state index contributed by atoms with van der Waals surface area (Å²) in [5.74, 6) is 1.27. The van der Waals surface area contributed by atoms with Crippen molar-refractivity contribution in [1.82, 2.24) is 4.98 Å². The lowest BCUT2D eigenvalue weighted by atomic mass is 9.97. The van der Waals surface area contributed by atoms with Crippen LogP contribution in [-0.4, -0.2) is 29.9 Å². The van der Waals surface area contributed by atoms with E-state index in [4.69, 9.17) is 5.73 Å². The van der Waals surface area contributed by atoms with E-state index in [1.165, 1.54) is 25.7 Å². The van der Waals surface area contributed by atoms with Crippen molar-refractivity contribution in [2.45, 2.75) is 51.4 Å². The van der Waals surface area contributed by atoms with E-state index in [1.807, 2.05) is 12.1 Å². The Labute approximate surface area is 149 Å². The molecule has 1 atom stereocenters. The summed E-state index contributed by atoms with van der Waals surface area (Å²) in [7, 11) is 0. The van der Waals surface area contributed by atoms with E-state index >= 15 is 0 Å². The van der Waals surface area contributed by atoms with Crippen LogP contribution in [0.3, 0.4) is 0 Å². The molecule has 0 bridgehead atoms. The molecule has 1 saturated carbocycles. The fourth-order valence-corrected chi connectivity index (χ4v) is 3.92. The number of primary amides is 1. The van der Waals surface area contributed by atoms with Crippen molar-refractivity contribution in [1.29, 1.82) is 0 Å². The van der Waals surface area contributed by atoms with Crippen molar-refractivity contribution < 1.29 is 9.59 Å². The molecule has 2 fully saturated rings. The molecule has 25 heavy (non-hydrogen) atoms. The molecular formula is C19H28N4O2. The molecular weight excluding hydrogens is 316 g/mol. The molecule has 2 amide bonds. The van der Waals surface area contributed by atoms with E-state index < -0.39 is 0 Å². The monoisotopic (exact) mass is 344 g/mol. The summed E-state index contributed by atoms with van der Waals surface area (Å²) in [4.78, 5) is 30.0. The average Bonchev–Trinajstić information content (AvgIpc) is 3.14. The predicted octanol–water partition coefficient (Wildman–Crippen LogP) is 2.69. The first-order valence-electron chi connectivity index (χ1n) is 9.42. The lowest BCUT2D eigenvalue weighted by Gasteiger charge is -2.32. The highest BCUT2D eigenvalue weighted by atomic mass is 16.2. The maximum Gasteiger partial charge on any atom is 0.224 e. The molecule has 1 aromatic rings. The molecule has 2 heterocycles. The smallest absolute Gasteiger partial charge is 0.224 e. The number of amides is 2. The van der Waals surface area contributed by atoms with E-state index in [0.717, 1.165) is 43.2 Å². The topological polar surface area (TPSA) is 88.3 Å². The third kappa shape index (κ3) is 4.94. The highest BCUT2D eigenvalue weighted by Crippen LogP contribution is 2.28. The number of hydrogen-bond donors (Lipinski definition) is 2. The number of pyridine rings is 1. The molecule has 6 nitrogen and oxygen atoms in total. The highest BCUT2D eigenvalue weighted by molar-refractivity contribution is 5.90. The Morgan fingerprint density at radius 2 is 2.00 bits per heavy atom. The van der Waals surface area contributed by atoms with Crippen molar-refractivity contribution in [3.05, 3.63) is 18.3 Å². The van der Waals surface area contributed by atoms with Crippen LogP contribution in [0.2, 0.25) is 0 Å². The highest BCUT2D eigenvalue weighted by Gasteiger charge is 2.24. The molecule has 1 saturated heterocycles. The fraction of sp³-hybridized carbons (Fsp3) is 0.632. The summed E-state index contributed by atoms with van der Waals surface area (Å²) >= 11 is 0. The molecule has 2 aliphatic rings. The van der Waals surface area contributed by atoms with Gasteiger partial charge in [0.2, 0.25) is 11.8 Å². The minimum Gasteiger partial charge on any atom is -0.369 e. The van der Waals surface area contributed by atoms with Crippen LogP contribution in [0.1, 0.15) is 51.4 Å². The first-order chi connectivity index (χ1) is 12.1. The third-order valence-corrected chi connectivity index (χ3v) is 5.43. The van der Waals surface area contributed by atoms with Crippen LogP contribution in [0, 0.1) is 11.8 Å². The maximum absolute atomic E-state index is 12.1. The zero-order valence-corrected chi connectivity index (χ0v) is 14.7. The van der Waals surface area contributed by atoms with Crippen LogP contribution >= 0.6 is 0 Å². The van der Waals surface area contributed by atoms with Gasteiger partial charge in [-0.1, -0.05) is 25.7 Å². The van der Waals surface area contributed by atoms with E-state index in [9.17, 15) is 9.59 Å². The number of piperidine rings is 1. The molecule has 3 N–H and O–H groups in total. The Kier molecular flexibility index (Phi) is 5.89. The molecule has 1 aromatic heterocycles. The zero-order valence-electron chi connectivity index (χ0n) is 14.7. The molecule has 1 aliphatic carbocycles. The number of anilines is 2. The van der Waals surface area contributed by atoms with Gasteiger partial charge in [-0.25, -0.2) is 4.98 Å². The second kappa shape index (κ2) is 8.32. The van der Waals surface area contributed by atoms with Crippen LogP contribution < -0.4 is 16.0 Å². The van der Waals surface area contributed by atoms with Crippen LogP contribution in [0.5, 0.6) is 0 Å². The summed E-state index contributed by atoms with van der Waals surface area (Å²) in [6, 6.07) is 3.78. The van der Waals surface area contributed by atoms with Gasteiger partial charge < -0.3 is 16.0 Å². The molecule has 3 rings (SSSR count). The number of carbonyl (C=O) groups excluding carboxylic acids is 2. The summed E-state index contributed by atoms with van der Waals surface area (Å²) in [6.07, 6.45) is 10.2. The van der Waals surface area contributed by atoms with Gasteiger partial charge in [0.05, 0.1) is 17.8 Å².